The van der Waals surface area contributed by atoms with Crippen LogP contribution >= 0.6 is 22.7 Å². The molecule has 0 fully saturated rings. The van der Waals surface area contributed by atoms with Gasteiger partial charge >= 0.3 is 0 Å². The van der Waals surface area contributed by atoms with Gasteiger partial charge < -0.3 is 5.32 Å². The number of nitrogens with zero attached hydrogens (tertiary/aromatic N) is 2. The highest BCUT2D eigenvalue weighted by Gasteiger charge is 2.09. The van der Waals surface area contributed by atoms with Crippen LogP contribution in [0.3, 0.4) is 0 Å². The summed E-state index contributed by atoms with van der Waals surface area (Å²) in [5.41, 5.74) is 3.80. The standard InChI is InChI=1S/C14H8FN3S2/c15-9-5-13-12(17-7-20-13)6-11(9)18-10-1-3-16-14-8(10)2-4-19-14/h1-7H,(H,16,18). The molecule has 0 unspecified atom stereocenters. The lowest BCUT2D eigenvalue weighted by Crippen LogP contribution is -1.94. The molecule has 0 aliphatic carbocycles. The van der Waals surface area contributed by atoms with E-state index >= 15 is 0 Å². The van der Waals surface area contributed by atoms with E-state index in [1.807, 2.05) is 17.5 Å². The van der Waals surface area contributed by atoms with E-state index in [4.69, 9.17) is 0 Å². The molecular weight excluding hydrogens is 293 g/mol. The van der Waals surface area contributed by atoms with Crippen molar-refractivity contribution in [1.82, 2.24) is 9.97 Å². The van der Waals surface area contributed by atoms with Crippen molar-refractivity contribution in [3.05, 3.63) is 47.2 Å². The number of nitrogens with one attached hydrogen (secondary N) is 1. The van der Waals surface area contributed by atoms with Crippen molar-refractivity contribution >= 4 is 54.5 Å². The molecule has 0 spiro atoms. The quantitative estimate of drug-likeness (QED) is 0.578. The molecule has 0 atom stereocenters. The summed E-state index contributed by atoms with van der Waals surface area (Å²) < 4.78 is 15.0. The van der Waals surface area contributed by atoms with Crippen LogP contribution < -0.4 is 5.32 Å². The number of thiazole rings is 1. The molecule has 0 aliphatic heterocycles. The number of halogens is 1. The van der Waals surface area contributed by atoms with Gasteiger partial charge in [-0.05, 0) is 29.6 Å². The predicted molar refractivity (Wildman–Crippen MR) is 82.5 cm³/mol. The third kappa shape index (κ3) is 1.85. The van der Waals surface area contributed by atoms with Crippen LogP contribution in [-0.4, -0.2) is 9.97 Å². The zero-order chi connectivity index (χ0) is 13.5. The van der Waals surface area contributed by atoms with E-state index in [-0.39, 0.29) is 5.82 Å². The van der Waals surface area contributed by atoms with Gasteiger partial charge in [0.05, 0.1) is 27.1 Å². The Balaban J connectivity index is 1.83. The third-order valence-electron chi connectivity index (χ3n) is 3.06. The summed E-state index contributed by atoms with van der Waals surface area (Å²) in [6.45, 7) is 0. The molecule has 3 aromatic heterocycles. The summed E-state index contributed by atoms with van der Waals surface area (Å²) in [7, 11) is 0. The first-order valence-electron chi connectivity index (χ1n) is 5.93. The van der Waals surface area contributed by atoms with Crippen LogP contribution in [0.15, 0.2) is 41.4 Å². The number of hydrogen-bond donors (Lipinski definition) is 1. The molecule has 0 aliphatic rings. The normalized spacial score (nSPS) is 11.2. The molecule has 0 saturated heterocycles. The second kappa shape index (κ2) is 4.50. The SMILES string of the molecule is Fc1cc2scnc2cc1Nc1ccnc2sccc12. The smallest absolute Gasteiger partial charge is 0.148 e. The first-order chi connectivity index (χ1) is 9.81. The molecule has 4 rings (SSSR count). The number of rotatable bonds is 2. The number of hydrogen-bond acceptors (Lipinski definition) is 5. The van der Waals surface area contributed by atoms with Gasteiger partial charge in [0.15, 0.2) is 0 Å². The number of anilines is 2. The van der Waals surface area contributed by atoms with Crippen molar-refractivity contribution in [2.24, 2.45) is 0 Å². The van der Waals surface area contributed by atoms with Crippen molar-refractivity contribution < 1.29 is 4.39 Å². The van der Waals surface area contributed by atoms with Gasteiger partial charge in [-0.3, -0.25) is 0 Å². The van der Waals surface area contributed by atoms with Crippen molar-refractivity contribution in [3.63, 3.8) is 0 Å². The third-order valence-corrected chi connectivity index (χ3v) is 4.67. The predicted octanol–water partition coefficient (Wildman–Crippen LogP) is 4.79. The average Bonchev–Trinajstić information content (AvgIpc) is 3.07. The molecule has 98 valence electrons. The Labute approximate surface area is 121 Å². The molecule has 1 N–H and O–H groups in total. The van der Waals surface area contributed by atoms with Crippen molar-refractivity contribution in [2.75, 3.05) is 5.32 Å². The maximum atomic E-state index is 14.1. The lowest BCUT2D eigenvalue weighted by Gasteiger charge is -2.08. The maximum Gasteiger partial charge on any atom is 0.148 e. The summed E-state index contributed by atoms with van der Waals surface area (Å²) in [5.74, 6) is -0.276. The maximum absolute atomic E-state index is 14.1. The van der Waals surface area contributed by atoms with Gasteiger partial charge in [-0.1, -0.05) is 0 Å². The summed E-state index contributed by atoms with van der Waals surface area (Å²) in [5, 5.41) is 6.11. The van der Waals surface area contributed by atoms with Gasteiger partial charge in [-0.2, -0.15) is 0 Å². The van der Waals surface area contributed by atoms with E-state index in [1.165, 1.54) is 17.4 Å². The van der Waals surface area contributed by atoms with Crippen molar-refractivity contribution in [3.8, 4) is 0 Å². The van der Waals surface area contributed by atoms with Crippen LogP contribution in [0, 0.1) is 5.82 Å². The number of fused-ring (bicyclic) bond motifs is 2. The van der Waals surface area contributed by atoms with E-state index in [0.29, 0.717) is 5.69 Å². The van der Waals surface area contributed by atoms with Crippen LogP contribution in [0.4, 0.5) is 15.8 Å². The first kappa shape index (κ1) is 11.7. The minimum Gasteiger partial charge on any atom is -0.352 e. The van der Waals surface area contributed by atoms with Crippen LogP contribution in [0.1, 0.15) is 0 Å². The second-order valence-corrected chi connectivity index (χ2v) is 6.06. The van der Waals surface area contributed by atoms with Crippen molar-refractivity contribution in [1.29, 1.82) is 0 Å². The van der Waals surface area contributed by atoms with Crippen molar-refractivity contribution in [2.45, 2.75) is 0 Å². The minimum absolute atomic E-state index is 0.276. The van der Waals surface area contributed by atoms with E-state index in [0.717, 1.165) is 26.1 Å². The molecule has 0 amide bonds. The Morgan fingerprint density at radius 1 is 1.05 bits per heavy atom. The number of thiophene rings is 1. The molecule has 0 bridgehead atoms. The molecule has 4 aromatic rings. The number of aromatic nitrogens is 2. The molecule has 20 heavy (non-hydrogen) atoms. The Bertz CT molecular complexity index is 913. The van der Waals surface area contributed by atoms with E-state index < -0.39 is 0 Å². The highest BCUT2D eigenvalue weighted by Crippen LogP contribution is 2.31. The lowest BCUT2D eigenvalue weighted by molar-refractivity contribution is 0.634. The lowest BCUT2D eigenvalue weighted by atomic mass is 10.2. The largest absolute Gasteiger partial charge is 0.352 e. The molecule has 3 nitrogen and oxygen atoms in total. The Kier molecular flexibility index (Phi) is 2.64. The monoisotopic (exact) mass is 301 g/mol. The zero-order valence-electron chi connectivity index (χ0n) is 10.1. The van der Waals surface area contributed by atoms with Gasteiger partial charge in [-0.25, -0.2) is 14.4 Å². The number of benzene rings is 1. The second-order valence-electron chi connectivity index (χ2n) is 4.28. The summed E-state index contributed by atoms with van der Waals surface area (Å²) in [6, 6.07) is 7.08. The molecule has 0 saturated carbocycles. The minimum atomic E-state index is -0.276. The highest BCUT2D eigenvalue weighted by molar-refractivity contribution is 7.17. The molecular formula is C14H8FN3S2. The van der Waals surface area contributed by atoms with Crippen LogP contribution in [-0.2, 0) is 0 Å². The van der Waals surface area contributed by atoms with E-state index in [9.17, 15) is 4.39 Å². The van der Waals surface area contributed by atoms with Crippen LogP contribution in [0.5, 0.6) is 0 Å². The van der Waals surface area contributed by atoms with Gasteiger partial charge in [0.2, 0.25) is 0 Å². The number of pyridine rings is 1. The molecule has 0 radical (unpaired) electrons. The summed E-state index contributed by atoms with van der Waals surface area (Å²) >= 11 is 3.00. The highest BCUT2D eigenvalue weighted by atomic mass is 32.1. The Morgan fingerprint density at radius 3 is 2.95 bits per heavy atom. The fourth-order valence-corrected chi connectivity index (χ4v) is 3.55. The van der Waals surface area contributed by atoms with Crippen LogP contribution in [0.25, 0.3) is 20.4 Å². The van der Waals surface area contributed by atoms with Gasteiger partial charge in [-0.15, -0.1) is 22.7 Å². The fraction of sp³-hybridized carbons (Fsp3) is 0. The van der Waals surface area contributed by atoms with Gasteiger partial charge in [0.25, 0.3) is 0 Å². The summed E-state index contributed by atoms with van der Waals surface area (Å²) in [6.07, 6.45) is 1.72. The molecule has 6 heteroatoms. The molecule has 1 aromatic carbocycles. The van der Waals surface area contributed by atoms with Gasteiger partial charge in [0, 0.05) is 11.6 Å². The van der Waals surface area contributed by atoms with E-state index in [2.05, 4.69) is 15.3 Å². The fourth-order valence-electron chi connectivity index (χ4n) is 2.10. The average molecular weight is 301 g/mol. The molecule has 3 heterocycles. The van der Waals surface area contributed by atoms with E-state index in [1.54, 1.807) is 29.1 Å². The van der Waals surface area contributed by atoms with Gasteiger partial charge in [0.1, 0.15) is 10.6 Å². The first-order valence-corrected chi connectivity index (χ1v) is 7.69. The topological polar surface area (TPSA) is 37.8 Å². The zero-order valence-corrected chi connectivity index (χ0v) is 11.8. The van der Waals surface area contributed by atoms with Crippen LogP contribution in [0.2, 0.25) is 0 Å². The Morgan fingerprint density at radius 2 is 2.00 bits per heavy atom. The summed E-state index contributed by atoms with van der Waals surface area (Å²) in [4.78, 5) is 9.43. The Hall–Kier alpha value is -2.05.